The van der Waals surface area contributed by atoms with Gasteiger partial charge in [-0.15, -0.1) is 11.7 Å². The minimum absolute atomic E-state index is 0.228. The van der Waals surface area contributed by atoms with Gasteiger partial charge in [-0.05, 0) is 24.8 Å². The van der Waals surface area contributed by atoms with Gasteiger partial charge in [0.2, 0.25) is 0 Å². The predicted molar refractivity (Wildman–Crippen MR) is 78.1 cm³/mol. The standard InChI is InChI=1S/C17H22O2/c1-5-15(2)16(3)13-11-9-7-6-8-10-12-14-17(18)19-4/h11,15H,5-6,12,14H2,1-4H3. The highest BCUT2D eigenvalue weighted by Gasteiger charge is 1.97. The number of hydrogen-bond acceptors (Lipinski definition) is 2. The Labute approximate surface area is 116 Å². The first-order valence-corrected chi connectivity index (χ1v) is 6.54. The first-order chi connectivity index (χ1) is 9.11. The fraction of sp³-hybridized carbons (Fsp3) is 0.529. The van der Waals surface area contributed by atoms with Gasteiger partial charge in [-0.25, -0.2) is 0 Å². The van der Waals surface area contributed by atoms with E-state index in [9.17, 15) is 4.79 Å². The number of ether oxygens (including phenoxy) is 1. The summed E-state index contributed by atoms with van der Waals surface area (Å²) in [6.07, 6.45) is 4.25. The molecular weight excluding hydrogens is 236 g/mol. The molecule has 0 aromatic rings. The minimum Gasteiger partial charge on any atom is -0.469 e. The Balaban J connectivity index is 4.04. The molecule has 0 heterocycles. The second-order valence-electron chi connectivity index (χ2n) is 4.21. The number of esters is 1. The zero-order chi connectivity index (χ0) is 14.5. The summed E-state index contributed by atoms with van der Waals surface area (Å²) in [7, 11) is 1.38. The van der Waals surface area contributed by atoms with E-state index in [2.05, 4.69) is 54.9 Å². The van der Waals surface area contributed by atoms with E-state index in [1.807, 2.05) is 0 Å². The van der Waals surface area contributed by atoms with Gasteiger partial charge >= 0.3 is 5.97 Å². The molecule has 19 heavy (non-hydrogen) atoms. The fourth-order valence-electron chi connectivity index (χ4n) is 1.16. The van der Waals surface area contributed by atoms with Crippen molar-refractivity contribution in [3.63, 3.8) is 0 Å². The average molecular weight is 258 g/mol. The van der Waals surface area contributed by atoms with Crippen LogP contribution in [0, 0.1) is 29.6 Å². The van der Waals surface area contributed by atoms with Crippen LogP contribution in [0.3, 0.4) is 0 Å². The molecule has 1 atom stereocenters. The topological polar surface area (TPSA) is 26.3 Å². The molecule has 0 aromatic carbocycles. The van der Waals surface area contributed by atoms with Crippen LogP contribution in [0.25, 0.3) is 0 Å². The molecule has 0 radical (unpaired) electrons. The highest BCUT2D eigenvalue weighted by molar-refractivity contribution is 5.69. The third kappa shape index (κ3) is 9.78. The molecule has 0 N–H and O–H groups in total. The summed E-state index contributed by atoms with van der Waals surface area (Å²) in [6.45, 7) is 6.40. The molecule has 0 spiro atoms. The lowest BCUT2D eigenvalue weighted by Crippen LogP contribution is -1.98. The third-order valence-corrected chi connectivity index (χ3v) is 2.81. The zero-order valence-electron chi connectivity index (χ0n) is 12.3. The summed E-state index contributed by atoms with van der Waals surface area (Å²) >= 11 is 0. The molecule has 0 aromatic heterocycles. The van der Waals surface area contributed by atoms with Crippen LogP contribution in [-0.2, 0) is 9.53 Å². The molecule has 0 aliphatic rings. The Morgan fingerprint density at radius 2 is 2.05 bits per heavy atom. The van der Waals surface area contributed by atoms with Crippen molar-refractivity contribution in [3.05, 3.63) is 17.4 Å². The number of hydrogen-bond donors (Lipinski definition) is 0. The van der Waals surface area contributed by atoms with Crippen LogP contribution >= 0.6 is 0 Å². The Bertz CT molecular complexity index is 457. The quantitative estimate of drug-likeness (QED) is 0.438. The molecular formula is C17H22O2. The maximum Gasteiger partial charge on any atom is 0.306 e. The molecule has 0 rings (SSSR count). The molecule has 0 bridgehead atoms. The van der Waals surface area contributed by atoms with Crippen molar-refractivity contribution in [1.82, 2.24) is 0 Å². The number of carbonyl (C=O) groups excluding carboxylic acids is 1. The van der Waals surface area contributed by atoms with Crippen LogP contribution in [-0.4, -0.2) is 13.1 Å². The van der Waals surface area contributed by atoms with E-state index in [1.54, 1.807) is 6.08 Å². The van der Waals surface area contributed by atoms with Crippen LogP contribution < -0.4 is 0 Å². The van der Waals surface area contributed by atoms with E-state index in [-0.39, 0.29) is 5.97 Å². The molecule has 0 aliphatic carbocycles. The molecule has 0 fully saturated rings. The Kier molecular flexibility index (Phi) is 10.1. The lowest BCUT2D eigenvalue weighted by molar-refractivity contribution is -0.140. The molecule has 0 saturated heterocycles. The molecule has 2 nitrogen and oxygen atoms in total. The second kappa shape index (κ2) is 11.2. The van der Waals surface area contributed by atoms with E-state index >= 15 is 0 Å². The second-order valence-corrected chi connectivity index (χ2v) is 4.21. The fourth-order valence-corrected chi connectivity index (χ4v) is 1.16. The normalized spacial score (nSPS) is 9.89. The summed E-state index contributed by atoms with van der Waals surface area (Å²) in [4.78, 5) is 10.8. The Hall–Kier alpha value is -1.89. The highest BCUT2D eigenvalue weighted by Crippen LogP contribution is 2.10. The van der Waals surface area contributed by atoms with Gasteiger partial charge in [-0.2, -0.15) is 0 Å². The molecule has 2 heteroatoms. The minimum atomic E-state index is -0.228. The van der Waals surface area contributed by atoms with Crippen LogP contribution in [0.2, 0.25) is 0 Å². The molecule has 0 aliphatic heterocycles. The number of methoxy groups -OCH3 is 1. The molecule has 0 saturated carbocycles. The van der Waals surface area contributed by atoms with Gasteiger partial charge in [-0.3, -0.25) is 4.79 Å². The zero-order valence-corrected chi connectivity index (χ0v) is 12.3. The van der Waals surface area contributed by atoms with Gasteiger partial charge in [0, 0.05) is 12.5 Å². The van der Waals surface area contributed by atoms with Crippen molar-refractivity contribution in [3.8, 4) is 23.7 Å². The van der Waals surface area contributed by atoms with E-state index in [0.29, 0.717) is 25.2 Å². The molecule has 1 unspecified atom stereocenters. The Morgan fingerprint density at radius 3 is 2.68 bits per heavy atom. The van der Waals surface area contributed by atoms with Crippen LogP contribution in [0.5, 0.6) is 0 Å². The van der Waals surface area contributed by atoms with Gasteiger partial charge < -0.3 is 4.74 Å². The van der Waals surface area contributed by atoms with Crippen LogP contribution in [0.4, 0.5) is 0 Å². The van der Waals surface area contributed by atoms with Crippen molar-refractivity contribution in [1.29, 1.82) is 0 Å². The van der Waals surface area contributed by atoms with E-state index in [0.717, 1.165) is 6.42 Å². The smallest absolute Gasteiger partial charge is 0.306 e. The Morgan fingerprint density at radius 1 is 1.32 bits per heavy atom. The van der Waals surface area contributed by atoms with Crippen molar-refractivity contribution >= 4 is 5.97 Å². The summed E-state index contributed by atoms with van der Waals surface area (Å²) in [6, 6.07) is 0. The molecule has 102 valence electrons. The van der Waals surface area contributed by atoms with Gasteiger partial charge in [0.25, 0.3) is 0 Å². The summed E-state index contributed by atoms with van der Waals surface area (Å²) in [5, 5.41) is 0. The van der Waals surface area contributed by atoms with Crippen LogP contribution in [0.15, 0.2) is 17.4 Å². The van der Waals surface area contributed by atoms with Crippen molar-refractivity contribution < 1.29 is 9.53 Å². The summed E-state index contributed by atoms with van der Waals surface area (Å²) < 4.78 is 4.51. The van der Waals surface area contributed by atoms with Gasteiger partial charge in [0.1, 0.15) is 0 Å². The van der Waals surface area contributed by atoms with Crippen LogP contribution in [0.1, 0.15) is 46.5 Å². The van der Waals surface area contributed by atoms with E-state index < -0.39 is 0 Å². The van der Waals surface area contributed by atoms with E-state index in [1.165, 1.54) is 12.7 Å². The third-order valence-electron chi connectivity index (χ3n) is 2.81. The highest BCUT2D eigenvalue weighted by atomic mass is 16.5. The largest absolute Gasteiger partial charge is 0.469 e. The number of carbonyl (C=O) groups is 1. The average Bonchev–Trinajstić information content (AvgIpc) is 2.43. The van der Waals surface area contributed by atoms with Gasteiger partial charge in [-0.1, -0.05) is 31.6 Å². The van der Waals surface area contributed by atoms with Gasteiger partial charge in [0.05, 0.1) is 20.0 Å². The van der Waals surface area contributed by atoms with Gasteiger partial charge in [0.15, 0.2) is 0 Å². The monoisotopic (exact) mass is 258 g/mol. The van der Waals surface area contributed by atoms with E-state index in [4.69, 9.17) is 0 Å². The van der Waals surface area contributed by atoms with Crippen molar-refractivity contribution in [2.24, 2.45) is 5.92 Å². The molecule has 0 amide bonds. The first kappa shape index (κ1) is 17.1. The predicted octanol–water partition coefficient (Wildman–Crippen LogP) is 3.48. The number of allylic oxidation sites excluding steroid dienone is 1. The first-order valence-electron chi connectivity index (χ1n) is 6.54. The summed E-state index contributed by atoms with van der Waals surface area (Å²) in [5.74, 6) is 11.9. The number of rotatable bonds is 4. The maximum atomic E-state index is 10.8. The summed E-state index contributed by atoms with van der Waals surface area (Å²) in [5.41, 5.74) is 4.39. The lowest BCUT2D eigenvalue weighted by Gasteiger charge is -2.03. The maximum absolute atomic E-state index is 10.8. The van der Waals surface area contributed by atoms with Crippen molar-refractivity contribution in [2.75, 3.05) is 7.11 Å². The van der Waals surface area contributed by atoms with Crippen molar-refractivity contribution in [2.45, 2.75) is 46.5 Å². The lowest BCUT2D eigenvalue weighted by atomic mass is 10.0. The SMILES string of the molecule is CCC(C)C(C)=C=CC#CCC#CCCC(=O)OC.